The number of aromatic hydroxyl groups is 1. The molecular formula is C18H22ClN3O. The van der Waals surface area contributed by atoms with Gasteiger partial charge in [-0.2, -0.15) is 5.10 Å². The molecule has 1 aliphatic heterocycles. The number of nitrogens with zero attached hydrogens (tertiary/aromatic N) is 2. The summed E-state index contributed by atoms with van der Waals surface area (Å²) in [7, 11) is 2.27. The molecule has 2 bridgehead atoms. The molecule has 2 aromatic rings. The molecule has 1 aromatic heterocycles. The summed E-state index contributed by atoms with van der Waals surface area (Å²) in [5.74, 6) is 1.03. The number of nitrogens with one attached hydrogen (secondary N) is 1. The summed E-state index contributed by atoms with van der Waals surface area (Å²) in [5, 5.41) is 17.5. The standard InChI is InChI=1S/C18H21N3O.ClH/c1-21-5-4-18-9-16-12(10-19-20-16)6-15(18)17(21)7-11-2-3-13(22)8-14(11)18;/h2-3,8,10,15,17,22H,4-7,9H2,1H3,(H,19,20);1H/t15-,17+,18+;/m0./s1. The van der Waals surface area contributed by atoms with Crippen LogP contribution in [0, 0.1) is 5.92 Å². The minimum atomic E-state index is 0. The highest BCUT2D eigenvalue weighted by Gasteiger charge is 2.54. The summed E-state index contributed by atoms with van der Waals surface area (Å²) < 4.78 is 0. The third-order valence-electron chi connectivity index (χ3n) is 6.45. The molecule has 0 unspecified atom stereocenters. The van der Waals surface area contributed by atoms with E-state index >= 15 is 0 Å². The minimum absolute atomic E-state index is 0. The van der Waals surface area contributed by atoms with Crippen LogP contribution in [-0.4, -0.2) is 39.8 Å². The first-order valence-electron chi connectivity index (χ1n) is 8.21. The van der Waals surface area contributed by atoms with E-state index in [0.29, 0.717) is 17.7 Å². The van der Waals surface area contributed by atoms with Crippen LogP contribution in [0.2, 0.25) is 0 Å². The maximum Gasteiger partial charge on any atom is 0.115 e. The summed E-state index contributed by atoms with van der Waals surface area (Å²) in [6.07, 6.45) is 6.42. The van der Waals surface area contributed by atoms with Crippen LogP contribution in [0.3, 0.4) is 0 Å². The Morgan fingerprint density at radius 2 is 2.17 bits per heavy atom. The summed E-state index contributed by atoms with van der Waals surface area (Å²) >= 11 is 0. The Balaban J connectivity index is 0.00000135. The van der Waals surface area contributed by atoms with Crippen LogP contribution in [-0.2, 0) is 24.7 Å². The van der Waals surface area contributed by atoms with Gasteiger partial charge in [-0.3, -0.25) is 5.10 Å². The minimum Gasteiger partial charge on any atom is -0.508 e. The Kier molecular flexibility index (Phi) is 3.26. The van der Waals surface area contributed by atoms with Crippen LogP contribution in [0.5, 0.6) is 5.75 Å². The van der Waals surface area contributed by atoms with Gasteiger partial charge in [0.25, 0.3) is 0 Å². The fraction of sp³-hybridized carbons (Fsp3) is 0.500. The van der Waals surface area contributed by atoms with Crippen LogP contribution in [0.4, 0.5) is 0 Å². The topological polar surface area (TPSA) is 52.2 Å². The number of benzene rings is 1. The zero-order chi connectivity index (χ0) is 14.9. The van der Waals surface area contributed by atoms with Gasteiger partial charge >= 0.3 is 0 Å². The molecule has 122 valence electrons. The molecule has 0 radical (unpaired) electrons. The molecule has 5 rings (SSSR count). The van der Waals surface area contributed by atoms with Crippen molar-refractivity contribution in [3.63, 3.8) is 0 Å². The molecule has 3 aliphatic rings. The second-order valence-electron chi connectivity index (χ2n) is 7.36. The van der Waals surface area contributed by atoms with Crippen LogP contribution in [0.1, 0.15) is 28.8 Å². The third kappa shape index (κ3) is 1.91. The number of piperidine rings is 1. The first kappa shape index (κ1) is 15.0. The number of phenolic OH excluding ortho intramolecular Hbond substituents is 1. The quantitative estimate of drug-likeness (QED) is 0.779. The zero-order valence-electron chi connectivity index (χ0n) is 13.2. The normalized spacial score (nSPS) is 31.5. The highest BCUT2D eigenvalue weighted by molar-refractivity contribution is 5.85. The maximum atomic E-state index is 10.0. The molecule has 1 aromatic carbocycles. The van der Waals surface area contributed by atoms with E-state index < -0.39 is 0 Å². The fourth-order valence-corrected chi connectivity index (χ4v) is 5.33. The smallest absolute Gasteiger partial charge is 0.115 e. The van der Waals surface area contributed by atoms with Gasteiger partial charge in [0.1, 0.15) is 5.75 Å². The Morgan fingerprint density at radius 1 is 1.30 bits per heavy atom. The van der Waals surface area contributed by atoms with Crippen molar-refractivity contribution in [2.75, 3.05) is 13.6 Å². The number of fused-ring (bicyclic) bond motifs is 2. The van der Waals surface area contributed by atoms with Gasteiger partial charge < -0.3 is 10.0 Å². The lowest BCUT2D eigenvalue weighted by Crippen LogP contribution is -2.61. The van der Waals surface area contributed by atoms with Gasteiger partial charge in [0, 0.05) is 17.2 Å². The summed E-state index contributed by atoms with van der Waals surface area (Å²) in [4.78, 5) is 2.55. The lowest BCUT2D eigenvalue weighted by atomic mass is 9.52. The molecule has 3 atom stereocenters. The number of likely N-dealkylation sites (N-methyl/N-ethyl adjacent to an activating group) is 1. The van der Waals surface area contributed by atoms with Crippen LogP contribution < -0.4 is 0 Å². The second kappa shape index (κ2) is 4.99. The average molecular weight is 332 g/mol. The first-order chi connectivity index (χ1) is 10.7. The molecule has 5 heteroatoms. The lowest BCUT2D eigenvalue weighted by Gasteiger charge is -2.58. The Morgan fingerprint density at radius 3 is 3.04 bits per heavy atom. The predicted molar refractivity (Wildman–Crippen MR) is 91.3 cm³/mol. The Hall–Kier alpha value is -1.52. The third-order valence-corrected chi connectivity index (χ3v) is 6.45. The van der Waals surface area contributed by atoms with Crippen molar-refractivity contribution in [2.24, 2.45) is 5.92 Å². The monoisotopic (exact) mass is 331 g/mol. The van der Waals surface area contributed by atoms with E-state index in [-0.39, 0.29) is 17.8 Å². The molecule has 2 aliphatic carbocycles. The van der Waals surface area contributed by atoms with Crippen molar-refractivity contribution < 1.29 is 5.11 Å². The SMILES string of the molecule is CN1CC[C@]23Cc4[nH]ncc4C[C@H]2[C@H]1Cc1ccc(O)cc13.Cl. The number of hydrogen-bond acceptors (Lipinski definition) is 3. The molecule has 2 N–H and O–H groups in total. The number of aromatic nitrogens is 2. The number of aromatic amines is 1. The number of rotatable bonds is 0. The van der Waals surface area contributed by atoms with Crippen molar-refractivity contribution in [1.29, 1.82) is 0 Å². The first-order valence-corrected chi connectivity index (χ1v) is 8.21. The van der Waals surface area contributed by atoms with Gasteiger partial charge in [0.05, 0.1) is 6.20 Å². The van der Waals surface area contributed by atoms with Crippen molar-refractivity contribution in [3.8, 4) is 5.75 Å². The molecule has 23 heavy (non-hydrogen) atoms. The van der Waals surface area contributed by atoms with Crippen LogP contribution in [0.25, 0.3) is 0 Å². The second-order valence-corrected chi connectivity index (χ2v) is 7.36. The summed E-state index contributed by atoms with van der Waals surface area (Å²) in [6.45, 7) is 1.14. The van der Waals surface area contributed by atoms with E-state index in [2.05, 4.69) is 28.2 Å². The fourth-order valence-electron chi connectivity index (χ4n) is 5.33. The van der Waals surface area contributed by atoms with Gasteiger partial charge in [-0.25, -0.2) is 0 Å². The highest BCUT2D eigenvalue weighted by atomic mass is 35.5. The van der Waals surface area contributed by atoms with E-state index in [4.69, 9.17) is 0 Å². The lowest BCUT2D eigenvalue weighted by molar-refractivity contribution is 0.0238. The van der Waals surface area contributed by atoms with E-state index in [0.717, 1.165) is 25.8 Å². The number of phenols is 1. The number of hydrogen-bond donors (Lipinski definition) is 2. The van der Waals surface area contributed by atoms with Crippen molar-refractivity contribution >= 4 is 12.4 Å². The summed E-state index contributed by atoms with van der Waals surface area (Å²) in [6, 6.07) is 6.62. The van der Waals surface area contributed by atoms with Crippen molar-refractivity contribution in [2.45, 2.75) is 37.1 Å². The largest absolute Gasteiger partial charge is 0.508 e. The zero-order valence-corrected chi connectivity index (χ0v) is 14.1. The van der Waals surface area contributed by atoms with E-state index in [1.807, 2.05) is 18.3 Å². The number of halogens is 1. The molecule has 0 saturated carbocycles. The Labute approximate surface area is 142 Å². The molecule has 1 fully saturated rings. The maximum absolute atomic E-state index is 10.0. The number of likely N-dealkylation sites (tertiary alicyclic amines) is 1. The van der Waals surface area contributed by atoms with Gasteiger partial charge in [-0.15, -0.1) is 12.4 Å². The van der Waals surface area contributed by atoms with Crippen molar-refractivity contribution in [3.05, 3.63) is 46.8 Å². The van der Waals surface area contributed by atoms with Crippen LogP contribution in [0.15, 0.2) is 24.4 Å². The molecule has 0 amide bonds. The van der Waals surface area contributed by atoms with E-state index in [9.17, 15) is 5.11 Å². The Bertz CT molecular complexity index is 758. The average Bonchev–Trinajstić information content (AvgIpc) is 2.96. The van der Waals surface area contributed by atoms with E-state index in [1.165, 1.54) is 28.8 Å². The molecule has 2 heterocycles. The van der Waals surface area contributed by atoms with Crippen LogP contribution >= 0.6 is 12.4 Å². The van der Waals surface area contributed by atoms with Crippen molar-refractivity contribution in [1.82, 2.24) is 15.1 Å². The van der Waals surface area contributed by atoms with Gasteiger partial charge in [-0.1, -0.05) is 6.07 Å². The van der Waals surface area contributed by atoms with Gasteiger partial charge in [0.2, 0.25) is 0 Å². The molecular weight excluding hydrogens is 310 g/mol. The van der Waals surface area contributed by atoms with Gasteiger partial charge in [-0.05, 0) is 74.0 Å². The summed E-state index contributed by atoms with van der Waals surface area (Å²) in [5.41, 5.74) is 5.68. The highest BCUT2D eigenvalue weighted by Crippen LogP contribution is 2.54. The van der Waals surface area contributed by atoms with E-state index in [1.54, 1.807) is 0 Å². The molecule has 4 nitrogen and oxygen atoms in total. The number of H-pyrrole nitrogens is 1. The van der Waals surface area contributed by atoms with Gasteiger partial charge in [0.15, 0.2) is 0 Å². The molecule has 1 saturated heterocycles. The molecule has 0 spiro atoms. The predicted octanol–water partition coefficient (Wildman–Crippen LogP) is 2.45.